The summed E-state index contributed by atoms with van der Waals surface area (Å²) >= 11 is 6.43. The molecule has 0 bridgehead atoms. The van der Waals surface area contributed by atoms with Crippen LogP contribution in [-0.4, -0.2) is 86.1 Å². The van der Waals surface area contributed by atoms with Gasteiger partial charge in [-0.15, -0.1) is 0 Å². The highest BCUT2D eigenvalue weighted by molar-refractivity contribution is 6.30. The van der Waals surface area contributed by atoms with Crippen LogP contribution in [0.15, 0.2) is 49.1 Å². The van der Waals surface area contributed by atoms with Crippen molar-refractivity contribution in [2.24, 2.45) is 5.92 Å². The number of aromatic nitrogens is 3. The Hall–Kier alpha value is -3.43. The molecule has 10 heteroatoms. The zero-order valence-corrected chi connectivity index (χ0v) is 27.6. The summed E-state index contributed by atoms with van der Waals surface area (Å²) in [6.45, 7) is 5.67. The van der Waals surface area contributed by atoms with Crippen LogP contribution >= 0.6 is 11.6 Å². The van der Waals surface area contributed by atoms with Crippen LogP contribution in [0.4, 0.5) is 4.79 Å². The standard InChI is InChI=1S/C36H45ClN6O3/c1-25-20-40(24-39-25)21-26-8-7-15-42(22-26)35(44)32-23-41(16-17-43(32)36(45)46-30-10-3-2-4-11-30)34-31-12-6-5-9-27(31)13-14-28-18-29(37)19-38-33(28)34/h5-6,9,12,18-20,24,26,30,32,34H,2-4,7-8,10-11,13-17,21-23H2,1H3/t26-,32-,34?/m1/s1. The number of piperidine rings is 1. The molecule has 0 radical (unpaired) electrons. The second-order valence-electron chi connectivity index (χ2n) is 13.7. The Labute approximate surface area is 276 Å². The number of pyridine rings is 1. The van der Waals surface area contributed by atoms with E-state index < -0.39 is 6.04 Å². The highest BCUT2D eigenvalue weighted by Crippen LogP contribution is 2.38. The number of nitrogens with zero attached hydrogens (tertiary/aromatic N) is 6. The van der Waals surface area contributed by atoms with Gasteiger partial charge in [-0.1, -0.05) is 42.3 Å². The van der Waals surface area contributed by atoms with E-state index in [9.17, 15) is 9.59 Å². The van der Waals surface area contributed by atoms with Gasteiger partial charge in [0.1, 0.15) is 12.1 Å². The summed E-state index contributed by atoms with van der Waals surface area (Å²) in [5.41, 5.74) is 5.64. The monoisotopic (exact) mass is 644 g/mol. The first-order valence-corrected chi connectivity index (χ1v) is 17.5. The normalized spacial score (nSPS) is 24.2. The fourth-order valence-corrected chi connectivity index (χ4v) is 8.29. The van der Waals surface area contributed by atoms with Gasteiger partial charge >= 0.3 is 6.09 Å². The summed E-state index contributed by atoms with van der Waals surface area (Å²) in [5, 5.41) is 0.636. The summed E-state index contributed by atoms with van der Waals surface area (Å²) in [7, 11) is 0. The second kappa shape index (κ2) is 13.7. The predicted molar refractivity (Wildman–Crippen MR) is 177 cm³/mol. The molecule has 0 spiro atoms. The van der Waals surface area contributed by atoms with E-state index in [1.54, 1.807) is 11.1 Å². The van der Waals surface area contributed by atoms with Crippen molar-refractivity contribution in [1.29, 1.82) is 0 Å². The van der Waals surface area contributed by atoms with Gasteiger partial charge in [-0.3, -0.25) is 19.6 Å². The van der Waals surface area contributed by atoms with Crippen molar-refractivity contribution >= 4 is 23.6 Å². The third-order valence-corrected chi connectivity index (χ3v) is 10.6. The van der Waals surface area contributed by atoms with Crippen molar-refractivity contribution in [3.8, 4) is 0 Å². The quantitative estimate of drug-likeness (QED) is 0.348. The summed E-state index contributed by atoms with van der Waals surface area (Å²) in [6.07, 6.45) is 14.2. The van der Waals surface area contributed by atoms with Crippen molar-refractivity contribution in [2.45, 2.75) is 89.4 Å². The Bertz CT molecular complexity index is 1550. The average molecular weight is 645 g/mol. The number of carbonyl (C=O) groups is 2. The lowest BCUT2D eigenvalue weighted by Crippen LogP contribution is -2.62. The number of carbonyl (C=O) groups excluding carboxylic acids is 2. The molecule has 2 amide bonds. The van der Waals surface area contributed by atoms with Crippen LogP contribution < -0.4 is 0 Å². The van der Waals surface area contributed by atoms with E-state index in [1.807, 2.05) is 24.2 Å². The number of aryl methyl sites for hydroxylation is 3. The van der Waals surface area contributed by atoms with E-state index in [0.717, 1.165) is 74.9 Å². The lowest BCUT2D eigenvalue weighted by Gasteiger charge is -2.45. The van der Waals surface area contributed by atoms with Crippen molar-refractivity contribution in [2.75, 3.05) is 32.7 Å². The molecule has 244 valence electrons. The molecule has 4 heterocycles. The number of hydrogen-bond acceptors (Lipinski definition) is 6. The highest BCUT2D eigenvalue weighted by atomic mass is 35.5. The van der Waals surface area contributed by atoms with Crippen LogP contribution in [0.5, 0.6) is 0 Å². The highest BCUT2D eigenvalue weighted by Gasteiger charge is 2.43. The van der Waals surface area contributed by atoms with Crippen molar-refractivity contribution < 1.29 is 14.3 Å². The molecular formula is C36H45ClN6O3. The number of fused-ring (bicyclic) bond motifs is 2. The Morgan fingerprint density at radius 1 is 0.957 bits per heavy atom. The Morgan fingerprint density at radius 2 is 1.78 bits per heavy atom. The third-order valence-electron chi connectivity index (χ3n) is 10.4. The number of halogens is 1. The van der Waals surface area contributed by atoms with Gasteiger partial charge in [0.2, 0.25) is 5.91 Å². The molecule has 2 aliphatic heterocycles. The second-order valence-corrected chi connectivity index (χ2v) is 14.1. The molecule has 0 N–H and O–H groups in total. The number of ether oxygens (including phenoxy) is 1. The fourth-order valence-electron chi connectivity index (χ4n) is 8.11. The Balaban J connectivity index is 1.17. The molecule has 2 aliphatic carbocycles. The predicted octanol–water partition coefficient (Wildman–Crippen LogP) is 5.82. The minimum atomic E-state index is -0.634. The van der Waals surface area contributed by atoms with Crippen molar-refractivity contribution in [1.82, 2.24) is 29.2 Å². The largest absolute Gasteiger partial charge is 0.446 e. The minimum absolute atomic E-state index is 0.0167. The van der Waals surface area contributed by atoms with Crippen LogP contribution in [0.3, 0.4) is 0 Å². The Kier molecular flexibility index (Phi) is 9.31. The van der Waals surface area contributed by atoms with E-state index in [-0.39, 0.29) is 24.1 Å². The first kappa shape index (κ1) is 31.2. The molecule has 3 aromatic rings. The number of likely N-dealkylation sites (tertiary alicyclic amines) is 1. The molecule has 4 aliphatic rings. The number of benzene rings is 1. The van der Waals surface area contributed by atoms with Crippen molar-refractivity contribution in [3.05, 3.63) is 82.2 Å². The van der Waals surface area contributed by atoms with Crippen LogP contribution in [0.25, 0.3) is 0 Å². The molecule has 46 heavy (non-hydrogen) atoms. The lowest BCUT2D eigenvalue weighted by molar-refractivity contribution is -0.141. The molecular weight excluding hydrogens is 600 g/mol. The number of rotatable bonds is 5. The van der Waals surface area contributed by atoms with E-state index in [2.05, 4.69) is 44.9 Å². The zero-order chi connectivity index (χ0) is 31.6. The molecule has 7 rings (SSSR count). The van der Waals surface area contributed by atoms with Crippen LogP contribution in [-0.2, 0) is 28.9 Å². The van der Waals surface area contributed by atoms with E-state index in [1.165, 1.54) is 17.5 Å². The minimum Gasteiger partial charge on any atom is -0.446 e. The van der Waals surface area contributed by atoms with Gasteiger partial charge in [-0.25, -0.2) is 9.78 Å². The van der Waals surface area contributed by atoms with Gasteiger partial charge in [-0.2, -0.15) is 0 Å². The maximum atomic E-state index is 14.6. The third kappa shape index (κ3) is 6.67. The molecule has 9 nitrogen and oxygen atoms in total. The molecule has 2 saturated heterocycles. The van der Waals surface area contributed by atoms with Crippen molar-refractivity contribution in [3.63, 3.8) is 0 Å². The van der Waals surface area contributed by atoms with Gasteiger partial charge in [-0.05, 0) is 87.0 Å². The molecule has 3 atom stereocenters. The van der Waals surface area contributed by atoms with Gasteiger partial charge < -0.3 is 14.2 Å². The molecule has 1 unspecified atom stereocenters. The van der Waals surface area contributed by atoms with Gasteiger partial charge in [0, 0.05) is 51.7 Å². The molecule has 3 fully saturated rings. The van der Waals surface area contributed by atoms with Gasteiger partial charge in [0.25, 0.3) is 0 Å². The van der Waals surface area contributed by atoms with Gasteiger partial charge in [0.05, 0.1) is 28.8 Å². The number of amides is 2. The molecule has 1 saturated carbocycles. The topological polar surface area (TPSA) is 83.8 Å². The summed E-state index contributed by atoms with van der Waals surface area (Å²) in [5.74, 6) is 0.353. The lowest BCUT2D eigenvalue weighted by atomic mass is 9.94. The maximum absolute atomic E-state index is 14.6. The van der Waals surface area contributed by atoms with E-state index in [4.69, 9.17) is 21.3 Å². The Morgan fingerprint density at radius 3 is 2.61 bits per heavy atom. The first-order valence-electron chi connectivity index (χ1n) is 17.1. The summed E-state index contributed by atoms with van der Waals surface area (Å²) < 4.78 is 8.22. The summed E-state index contributed by atoms with van der Waals surface area (Å²) in [4.78, 5) is 43.8. The van der Waals surface area contributed by atoms with E-state index in [0.29, 0.717) is 43.7 Å². The number of hydrogen-bond donors (Lipinski definition) is 0. The fraction of sp³-hybridized carbons (Fsp3) is 0.556. The van der Waals surface area contributed by atoms with E-state index >= 15 is 0 Å². The van der Waals surface area contributed by atoms with Crippen LogP contribution in [0.2, 0.25) is 5.02 Å². The maximum Gasteiger partial charge on any atom is 0.410 e. The average Bonchev–Trinajstić information content (AvgIpc) is 3.41. The molecule has 1 aromatic carbocycles. The first-order chi connectivity index (χ1) is 22.4. The van der Waals surface area contributed by atoms with Gasteiger partial charge in [0.15, 0.2) is 0 Å². The number of imidazole rings is 1. The zero-order valence-electron chi connectivity index (χ0n) is 26.8. The van der Waals surface area contributed by atoms with Crippen LogP contribution in [0.1, 0.15) is 79.1 Å². The SMILES string of the molecule is Cc1cn(C[C@H]2CCCN(C(=O)[C@H]3CN(C4c5ccccc5CCc5cc(Cl)cnc54)CCN3C(=O)OC3CCCCC3)C2)cn1. The summed E-state index contributed by atoms with van der Waals surface area (Å²) in [6, 6.07) is 9.85. The number of piperazine rings is 1. The van der Waals surface area contributed by atoms with Crippen LogP contribution in [0, 0.1) is 12.8 Å². The smallest absolute Gasteiger partial charge is 0.410 e. The molecule has 2 aromatic heterocycles.